The summed E-state index contributed by atoms with van der Waals surface area (Å²) >= 11 is 0. The number of nitrogens with one attached hydrogen (secondary N) is 1. The normalized spacial score (nSPS) is 26.0. The summed E-state index contributed by atoms with van der Waals surface area (Å²) in [6.45, 7) is 11.0. The molecule has 1 aromatic carbocycles. The van der Waals surface area contributed by atoms with E-state index in [0.29, 0.717) is 12.5 Å². The topological polar surface area (TPSA) is 138 Å². The minimum Gasteiger partial charge on any atom is -0.387 e. The third-order valence-corrected chi connectivity index (χ3v) is 9.48. The molecular formula is C32H42F3N7O3. The minimum absolute atomic E-state index is 0.0614. The Balaban J connectivity index is 1.09. The first kappa shape index (κ1) is 31.7. The summed E-state index contributed by atoms with van der Waals surface area (Å²) in [5, 5.41) is 21.5. The number of imidazole rings is 1. The van der Waals surface area contributed by atoms with Crippen LogP contribution in [0, 0.1) is 5.92 Å². The Labute approximate surface area is 259 Å². The van der Waals surface area contributed by atoms with Crippen LogP contribution < -0.4 is 5.73 Å². The molecule has 45 heavy (non-hydrogen) atoms. The molecule has 0 bridgehead atoms. The number of ether oxygens (including phenoxy) is 1. The monoisotopic (exact) mass is 629 g/mol. The molecule has 1 saturated carbocycles. The van der Waals surface area contributed by atoms with E-state index >= 15 is 0 Å². The van der Waals surface area contributed by atoms with Crippen molar-refractivity contribution in [3.05, 3.63) is 47.7 Å². The zero-order valence-electron chi connectivity index (χ0n) is 26.2. The van der Waals surface area contributed by atoms with Gasteiger partial charge in [0, 0.05) is 31.2 Å². The molecular weight excluding hydrogens is 587 g/mol. The molecule has 5 N–H and O–H groups in total. The lowest BCUT2D eigenvalue weighted by Crippen LogP contribution is -2.52. The quantitative estimate of drug-likeness (QED) is 0.215. The number of nitrogens with two attached hydrogens (primary N) is 1. The third-order valence-electron chi connectivity index (χ3n) is 9.48. The smallest absolute Gasteiger partial charge is 0.387 e. The van der Waals surface area contributed by atoms with E-state index in [9.17, 15) is 23.4 Å². The van der Waals surface area contributed by atoms with Crippen molar-refractivity contribution in [2.75, 3.05) is 12.3 Å². The lowest BCUT2D eigenvalue weighted by molar-refractivity contribution is -0.136. The van der Waals surface area contributed by atoms with Gasteiger partial charge < -0.3 is 30.2 Å². The van der Waals surface area contributed by atoms with Crippen molar-refractivity contribution in [3.8, 4) is 0 Å². The molecule has 4 aromatic rings. The Morgan fingerprint density at radius 2 is 1.87 bits per heavy atom. The van der Waals surface area contributed by atoms with Gasteiger partial charge in [0.05, 0.1) is 22.0 Å². The summed E-state index contributed by atoms with van der Waals surface area (Å²) in [6, 6.07) is 6.81. The number of hydrogen-bond donors (Lipinski definition) is 4. The molecule has 0 amide bonds. The SMILES string of the molecule is CC(C)N(C[C@H]1O[C@@H](n2cc(C(F)(F)F)c3c(N)ncnc32)[C@H](O)[C@@H]1O)[C@H]1C[C@@H](CCc2nc3cc(C(C)(C)C)ccc3[nH]2)C1. The molecule has 10 nitrogen and oxygen atoms in total. The van der Waals surface area contributed by atoms with E-state index in [4.69, 9.17) is 15.5 Å². The van der Waals surface area contributed by atoms with E-state index in [1.807, 2.05) is 0 Å². The van der Waals surface area contributed by atoms with E-state index in [1.54, 1.807) is 0 Å². The first-order chi connectivity index (χ1) is 21.1. The maximum atomic E-state index is 13.8. The average Bonchev–Trinajstić information content (AvgIpc) is 3.60. The molecule has 4 heterocycles. The first-order valence-corrected chi connectivity index (χ1v) is 15.6. The fourth-order valence-electron chi connectivity index (χ4n) is 6.81. The van der Waals surface area contributed by atoms with Crippen LogP contribution in [0.3, 0.4) is 0 Å². The molecule has 6 rings (SSSR count). The minimum atomic E-state index is -4.72. The Morgan fingerprint density at radius 1 is 1.13 bits per heavy atom. The number of aliphatic hydroxyl groups excluding tert-OH is 2. The highest BCUT2D eigenvalue weighted by Gasteiger charge is 2.48. The number of aromatic nitrogens is 5. The Kier molecular flexibility index (Phi) is 8.12. The molecule has 3 aromatic heterocycles. The number of hydrogen-bond acceptors (Lipinski definition) is 8. The van der Waals surface area contributed by atoms with Crippen LogP contribution in [-0.4, -0.2) is 76.6 Å². The fraction of sp³-hybridized carbons (Fsp3) is 0.594. The molecule has 1 aliphatic carbocycles. The van der Waals surface area contributed by atoms with Gasteiger partial charge in [-0.2, -0.15) is 13.2 Å². The molecule has 0 spiro atoms. The molecule has 13 heteroatoms. The van der Waals surface area contributed by atoms with E-state index in [-0.39, 0.29) is 34.3 Å². The third kappa shape index (κ3) is 6.02. The number of aryl methyl sites for hydroxylation is 1. The molecule has 1 saturated heterocycles. The van der Waals surface area contributed by atoms with Crippen molar-refractivity contribution in [2.45, 2.75) is 109 Å². The average molecular weight is 630 g/mol. The number of aromatic amines is 1. The molecule has 0 radical (unpaired) electrons. The van der Waals surface area contributed by atoms with Crippen molar-refractivity contribution < 1.29 is 28.1 Å². The Morgan fingerprint density at radius 3 is 2.53 bits per heavy atom. The van der Waals surface area contributed by atoms with E-state index in [2.05, 4.69) is 72.7 Å². The van der Waals surface area contributed by atoms with Crippen LogP contribution in [0.25, 0.3) is 22.1 Å². The molecule has 0 unspecified atom stereocenters. The predicted molar refractivity (Wildman–Crippen MR) is 164 cm³/mol. The second-order valence-electron chi connectivity index (χ2n) is 13.9. The van der Waals surface area contributed by atoms with Gasteiger partial charge in [-0.15, -0.1) is 0 Å². The zero-order chi connectivity index (χ0) is 32.4. The van der Waals surface area contributed by atoms with Crippen molar-refractivity contribution in [2.24, 2.45) is 5.92 Å². The highest BCUT2D eigenvalue weighted by molar-refractivity contribution is 5.90. The number of nitrogen functional groups attached to an aromatic ring is 1. The standard InChI is InChI=1S/C32H42F3N7O3/c1-16(2)41(19-10-17(11-19)6-9-24-39-21-8-7-18(31(3,4)5)12-22(21)40-24)14-23-26(43)27(44)30(45-23)42-13-20(32(33,34)35)25-28(36)37-15-38-29(25)42/h7-8,12-13,15-17,19,23,26-27,30,43-44H,6,9-11,14H2,1-5H3,(H,39,40)(H2,36,37,38)/t17-,19+,23-,26-,27-,30-/m1/s1. The van der Waals surface area contributed by atoms with Gasteiger partial charge in [0.2, 0.25) is 0 Å². The van der Waals surface area contributed by atoms with Crippen molar-refractivity contribution in [1.82, 2.24) is 29.4 Å². The van der Waals surface area contributed by atoms with Gasteiger partial charge in [-0.3, -0.25) is 4.90 Å². The molecule has 4 atom stereocenters. The number of aliphatic hydroxyl groups is 2. The predicted octanol–water partition coefficient (Wildman–Crippen LogP) is 4.95. The number of fused-ring (bicyclic) bond motifs is 2. The molecule has 2 fully saturated rings. The van der Waals surface area contributed by atoms with E-state index < -0.39 is 36.3 Å². The van der Waals surface area contributed by atoms with Crippen molar-refractivity contribution in [1.29, 1.82) is 0 Å². The Hall–Kier alpha value is -3.26. The zero-order valence-corrected chi connectivity index (χ0v) is 26.2. The van der Waals surface area contributed by atoms with Crippen LogP contribution in [0.4, 0.5) is 19.0 Å². The van der Waals surface area contributed by atoms with Crippen molar-refractivity contribution >= 4 is 27.9 Å². The van der Waals surface area contributed by atoms with Gasteiger partial charge in [0.15, 0.2) is 6.23 Å². The maximum Gasteiger partial charge on any atom is 0.418 e. The van der Waals surface area contributed by atoms with E-state index in [1.165, 1.54) is 5.56 Å². The van der Waals surface area contributed by atoms with E-state index in [0.717, 1.165) is 59.6 Å². The summed E-state index contributed by atoms with van der Waals surface area (Å²) < 4.78 is 48.7. The number of nitrogens with zero attached hydrogens (tertiary/aromatic N) is 5. The number of halogens is 3. The van der Waals surface area contributed by atoms with Gasteiger partial charge in [0.1, 0.15) is 41.9 Å². The second-order valence-corrected chi connectivity index (χ2v) is 13.9. The van der Waals surface area contributed by atoms with Crippen LogP contribution in [0.5, 0.6) is 0 Å². The highest BCUT2D eigenvalue weighted by Crippen LogP contribution is 2.42. The highest BCUT2D eigenvalue weighted by atomic mass is 19.4. The number of anilines is 1. The number of rotatable bonds is 8. The largest absolute Gasteiger partial charge is 0.418 e. The summed E-state index contributed by atoms with van der Waals surface area (Å²) in [7, 11) is 0. The fourth-order valence-corrected chi connectivity index (χ4v) is 6.81. The summed E-state index contributed by atoms with van der Waals surface area (Å²) in [5.74, 6) is 1.19. The van der Waals surface area contributed by atoms with Gasteiger partial charge in [-0.1, -0.05) is 26.8 Å². The first-order valence-electron chi connectivity index (χ1n) is 15.6. The summed E-state index contributed by atoms with van der Waals surface area (Å²) in [4.78, 5) is 18.3. The van der Waals surface area contributed by atoms with Crippen LogP contribution in [0.1, 0.15) is 77.1 Å². The maximum absolute atomic E-state index is 13.8. The summed E-state index contributed by atoms with van der Waals surface area (Å²) in [5.41, 5.74) is 8.00. The van der Waals surface area contributed by atoms with Crippen LogP contribution in [0.2, 0.25) is 0 Å². The number of H-pyrrole nitrogens is 1. The van der Waals surface area contributed by atoms with Crippen LogP contribution in [-0.2, 0) is 22.7 Å². The van der Waals surface area contributed by atoms with Crippen LogP contribution >= 0.6 is 0 Å². The number of alkyl halides is 3. The lowest BCUT2D eigenvalue weighted by atomic mass is 9.76. The van der Waals surface area contributed by atoms with Gasteiger partial charge >= 0.3 is 6.18 Å². The second kappa shape index (κ2) is 11.5. The van der Waals surface area contributed by atoms with Gasteiger partial charge in [0.25, 0.3) is 0 Å². The molecule has 2 aliphatic rings. The number of benzene rings is 1. The van der Waals surface area contributed by atoms with Crippen molar-refractivity contribution in [3.63, 3.8) is 0 Å². The molecule has 1 aliphatic heterocycles. The van der Waals surface area contributed by atoms with Gasteiger partial charge in [-0.05, 0) is 62.1 Å². The summed E-state index contributed by atoms with van der Waals surface area (Å²) in [6.07, 6.45) is -3.87. The molecule has 244 valence electrons. The van der Waals surface area contributed by atoms with Crippen LogP contribution in [0.15, 0.2) is 30.7 Å². The lowest BCUT2D eigenvalue weighted by Gasteiger charge is -2.46. The Bertz CT molecular complexity index is 1670. The van der Waals surface area contributed by atoms with Gasteiger partial charge in [-0.25, -0.2) is 15.0 Å².